The number of aryl methyl sites for hydroxylation is 1. The Balaban J connectivity index is 1.69. The zero-order chi connectivity index (χ0) is 22.4. The van der Waals surface area contributed by atoms with Gasteiger partial charge in [-0.2, -0.15) is 4.98 Å². The van der Waals surface area contributed by atoms with Gasteiger partial charge in [0.05, 0.1) is 18.8 Å². The van der Waals surface area contributed by atoms with E-state index in [1.165, 1.54) is 0 Å². The van der Waals surface area contributed by atoms with Gasteiger partial charge in [0.15, 0.2) is 17.3 Å². The number of fused-ring (bicyclic) bond motifs is 3. The Morgan fingerprint density at radius 2 is 2.03 bits per heavy atom. The molecule has 0 saturated carbocycles. The van der Waals surface area contributed by atoms with Crippen LogP contribution in [-0.4, -0.2) is 40.3 Å². The van der Waals surface area contributed by atoms with Gasteiger partial charge in [0.25, 0.3) is 0 Å². The van der Waals surface area contributed by atoms with Crippen LogP contribution in [0.5, 0.6) is 0 Å². The number of hydrogen-bond donors (Lipinski definition) is 0. The van der Waals surface area contributed by atoms with Crippen molar-refractivity contribution < 1.29 is 0 Å². The van der Waals surface area contributed by atoms with E-state index in [1.54, 1.807) is 12.3 Å². The number of anilines is 1. The third-order valence-electron chi connectivity index (χ3n) is 5.74. The molecule has 0 saturated heterocycles. The van der Waals surface area contributed by atoms with Crippen molar-refractivity contribution in [2.75, 3.05) is 4.90 Å². The topological polar surface area (TPSA) is 81.9 Å². The number of rotatable bonds is 4. The van der Waals surface area contributed by atoms with Crippen LogP contribution >= 0.6 is 0 Å². The molecule has 9 nitrogen and oxygen atoms in total. The van der Waals surface area contributed by atoms with E-state index in [1.807, 2.05) is 42.1 Å². The number of nitrogens with zero attached hydrogens (tertiary/aromatic N) is 9. The van der Waals surface area contributed by atoms with Gasteiger partial charge in [-0.05, 0) is 33.3 Å². The molecule has 0 N–H and O–H groups in total. The van der Waals surface area contributed by atoms with Crippen LogP contribution in [0.3, 0.4) is 0 Å². The minimum Gasteiger partial charge on any atom is -0.342 e. The summed E-state index contributed by atoms with van der Waals surface area (Å²) < 4.78 is 3.91. The largest absolute Gasteiger partial charge is 0.342 e. The van der Waals surface area contributed by atoms with Crippen molar-refractivity contribution >= 4 is 11.5 Å². The second-order valence-electron chi connectivity index (χ2n) is 8.03. The summed E-state index contributed by atoms with van der Waals surface area (Å²) >= 11 is 0. The van der Waals surface area contributed by atoms with Gasteiger partial charge in [0, 0.05) is 24.0 Å². The molecule has 32 heavy (non-hydrogen) atoms. The first-order chi connectivity index (χ1) is 15.5. The molecule has 4 heterocycles. The van der Waals surface area contributed by atoms with Gasteiger partial charge >= 0.3 is 0 Å². The van der Waals surface area contributed by atoms with Gasteiger partial charge in [-0.25, -0.2) is 14.8 Å². The lowest BCUT2D eigenvalue weighted by atomic mass is 10.1. The molecule has 0 fully saturated rings. The smallest absolute Gasteiger partial charge is 0.237 e. The molecule has 0 spiro atoms. The summed E-state index contributed by atoms with van der Waals surface area (Å²) in [6, 6.07) is 7.69. The molecule has 0 unspecified atom stereocenters. The van der Waals surface area contributed by atoms with Crippen molar-refractivity contribution in [2.24, 2.45) is 0 Å². The fraction of sp³-hybridized carbons (Fsp3) is 0.304. The molecule has 0 radical (unpaired) electrons. The third kappa shape index (κ3) is 2.95. The van der Waals surface area contributed by atoms with Crippen LogP contribution in [0.4, 0.5) is 11.5 Å². The monoisotopic (exact) mass is 425 g/mol. The maximum Gasteiger partial charge on any atom is 0.237 e. The summed E-state index contributed by atoms with van der Waals surface area (Å²) in [6.45, 7) is 15.7. The van der Waals surface area contributed by atoms with Gasteiger partial charge in [0.1, 0.15) is 17.3 Å². The summed E-state index contributed by atoms with van der Waals surface area (Å²) in [4.78, 5) is 20.0. The molecule has 160 valence electrons. The van der Waals surface area contributed by atoms with Gasteiger partial charge in [0.2, 0.25) is 5.95 Å². The summed E-state index contributed by atoms with van der Waals surface area (Å²) in [5, 5.41) is 8.78. The van der Waals surface area contributed by atoms with E-state index in [2.05, 4.69) is 55.2 Å². The minimum atomic E-state index is 0.0732. The lowest BCUT2D eigenvalue weighted by Gasteiger charge is -2.39. The van der Waals surface area contributed by atoms with E-state index >= 15 is 0 Å². The van der Waals surface area contributed by atoms with E-state index in [4.69, 9.17) is 11.6 Å². The van der Waals surface area contributed by atoms with E-state index in [9.17, 15) is 0 Å². The van der Waals surface area contributed by atoms with Crippen molar-refractivity contribution in [3.8, 4) is 23.0 Å². The van der Waals surface area contributed by atoms with Crippen molar-refractivity contribution in [1.82, 2.24) is 34.3 Å². The van der Waals surface area contributed by atoms with Crippen LogP contribution in [0.15, 0.2) is 42.9 Å². The first-order valence-electron chi connectivity index (χ1n) is 10.6. The Hall–Kier alpha value is -4.06. The number of aromatic nitrogens is 7. The molecule has 1 aliphatic heterocycles. The molecule has 0 bridgehead atoms. The first-order valence-corrected chi connectivity index (χ1v) is 10.6. The zero-order valence-electron chi connectivity index (χ0n) is 18.4. The highest BCUT2D eigenvalue weighted by Crippen LogP contribution is 2.40. The normalized spacial score (nSPS) is 14.9. The van der Waals surface area contributed by atoms with Gasteiger partial charge in [-0.3, -0.25) is 9.13 Å². The quantitative estimate of drug-likeness (QED) is 0.449. The lowest BCUT2D eigenvalue weighted by molar-refractivity contribution is 0.496. The Morgan fingerprint density at radius 3 is 2.78 bits per heavy atom. The third-order valence-corrected chi connectivity index (χ3v) is 5.74. The van der Waals surface area contributed by atoms with E-state index in [0.29, 0.717) is 17.5 Å². The standard InChI is InChI=1S/C23H23N9/c1-6-18-22-29-28-15(4)32(22)19-13-26-23(27-21(19)31(18)14(2)3)30-11-10-25-20(30)16-8-7-9-17(12-16)24-5/h7-14,18H,6H2,1-4H3/t18-/m1/s1. The average Bonchev–Trinajstić information content (AvgIpc) is 3.45. The van der Waals surface area contributed by atoms with Crippen LogP contribution in [0, 0.1) is 13.5 Å². The van der Waals surface area contributed by atoms with E-state index in [0.717, 1.165) is 35.1 Å². The number of imidazole rings is 1. The van der Waals surface area contributed by atoms with Crippen molar-refractivity contribution in [2.45, 2.75) is 46.2 Å². The predicted octanol–water partition coefficient (Wildman–Crippen LogP) is 4.45. The summed E-state index contributed by atoms with van der Waals surface area (Å²) in [6.07, 6.45) is 6.28. The molecule has 5 rings (SSSR count). The number of hydrogen-bond acceptors (Lipinski definition) is 6. The highest BCUT2D eigenvalue weighted by Gasteiger charge is 2.36. The van der Waals surface area contributed by atoms with E-state index in [-0.39, 0.29) is 12.1 Å². The molecule has 1 atom stereocenters. The van der Waals surface area contributed by atoms with Crippen LogP contribution < -0.4 is 4.90 Å². The fourth-order valence-corrected chi connectivity index (χ4v) is 4.36. The van der Waals surface area contributed by atoms with Crippen LogP contribution in [0.25, 0.3) is 27.9 Å². The average molecular weight is 426 g/mol. The van der Waals surface area contributed by atoms with Gasteiger partial charge in [-0.15, -0.1) is 10.2 Å². The van der Waals surface area contributed by atoms with Crippen LogP contribution in [0.2, 0.25) is 0 Å². The maximum absolute atomic E-state index is 7.31. The molecule has 4 aromatic rings. The highest BCUT2D eigenvalue weighted by atomic mass is 15.4. The molecule has 1 aliphatic rings. The molecule has 0 aliphatic carbocycles. The second-order valence-corrected chi connectivity index (χ2v) is 8.03. The van der Waals surface area contributed by atoms with Crippen molar-refractivity contribution in [1.29, 1.82) is 0 Å². The van der Waals surface area contributed by atoms with Gasteiger partial charge in [-0.1, -0.05) is 25.1 Å². The van der Waals surface area contributed by atoms with Crippen molar-refractivity contribution in [3.05, 3.63) is 65.9 Å². The highest BCUT2D eigenvalue weighted by molar-refractivity contribution is 5.66. The molecule has 9 heteroatoms. The summed E-state index contributed by atoms with van der Waals surface area (Å²) in [7, 11) is 0. The Morgan fingerprint density at radius 1 is 1.19 bits per heavy atom. The van der Waals surface area contributed by atoms with Crippen LogP contribution in [0.1, 0.15) is 44.9 Å². The Labute approximate surface area is 186 Å². The molecular formula is C23H23N9. The maximum atomic E-state index is 7.31. The van der Waals surface area contributed by atoms with Crippen molar-refractivity contribution in [3.63, 3.8) is 0 Å². The molecule has 0 amide bonds. The summed E-state index contributed by atoms with van der Waals surface area (Å²) in [5.41, 5.74) is 2.28. The summed E-state index contributed by atoms with van der Waals surface area (Å²) in [5.74, 6) is 3.80. The molecule has 3 aromatic heterocycles. The second kappa shape index (κ2) is 7.57. The first kappa shape index (κ1) is 19.9. The Kier molecular flexibility index (Phi) is 4.70. The van der Waals surface area contributed by atoms with E-state index < -0.39 is 0 Å². The van der Waals surface area contributed by atoms with Crippen LogP contribution in [-0.2, 0) is 0 Å². The lowest BCUT2D eigenvalue weighted by Crippen LogP contribution is -2.40. The minimum absolute atomic E-state index is 0.0732. The molecular weight excluding hydrogens is 402 g/mol. The zero-order valence-corrected chi connectivity index (χ0v) is 18.4. The molecule has 1 aromatic carbocycles. The predicted molar refractivity (Wildman–Crippen MR) is 121 cm³/mol. The van der Waals surface area contributed by atoms with Gasteiger partial charge < -0.3 is 4.90 Å². The Bertz CT molecular complexity index is 1340. The number of benzene rings is 1. The SMILES string of the molecule is [C-]#[N+]c1cccc(-c2nccn2-c2ncc3c(n2)N(C(C)C)[C@H](CC)c2nnc(C)n2-3)c1. The fourth-order valence-electron chi connectivity index (χ4n) is 4.36.